The Kier molecular flexibility index (Phi) is 4.58. The van der Waals surface area contributed by atoms with E-state index in [1.54, 1.807) is 4.31 Å². The lowest BCUT2D eigenvalue weighted by molar-refractivity contribution is 0.168. The van der Waals surface area contributed by atoms with Gasteiger partial charge in [0.05, 0.1) is 5.25 Å². The van der Waals surface area contributed by atoms with Crippen LogP contribution in [0, 0.1) is 5.41 Å². The van der Waals surface area contributed by atoms with Crippen LogP contribution in [0.25, 0.3) is 0 Å². The second-order valence-electron chi connectivity index (χ2n) is 6.60. The number of piperidine rings is 1. The summed E-state index contributed by atoms with van der Waals surface area (Å²) in [6, 6.07) is 0.572. The molecule has 0 aromatic rings. The molecule has 0 radical (unpaired) electrons. The van der Waals surface area contributed by atoms with Gasteiger partial charge in [-0.15, -0.1) is 0 Å². The molecule has 0 spiro atoms. The van der Waals surface area contributed by atoms with Gasteiger partial charge in [-0.2, -0.15) is 0 Å². The molecule has 1 atom stereocenters. The Balaban J connectivity index is 1.88. The van der Waals surface area contributed by atoms with Crippen molar-refractivity contribution in [3.63, 3.8) is 0 Å². The van der Waals surface area contributed by atoms with Crippen LogP contribution in [0.15, 0.2) is 0 Å². The molecule has 1 saturated carbocycles. The highest BCUT2D eigenvalue weighted by Gasteiger charge is 2.36. The standard InChI is InChI=1S/C14H28N2O2S/c1-4-14(3)7-9-16(10-8-14)19(17,18)12(2)11-15-13-5-6-13/h12-13,15H,4-11H2,1-3H3. The van der Waals surface area contributed by atoms with Crippen molar-refractivity contribution < 1.29 is 8.42 Å². The van der Waals surface area contributed by atoms with Crippen LogP contribution in [0.2, 0.25) is 0 Å². The lowest BCUT2D eigenvalue weighted by Crippen LogP contribution is -2.47. The maximum Gasteiger partial charge on any atom is 0.217 e. The lowest BCUT2D eigenvalue weighted by Gasteiger charge is -2.39. The summed E-state index contributed by atoms with van der Waals surface area (Å²) in [6.45, 7) is 8.29. The summed E-state index contributed by atoms with van der Waals surface area (Å²) >= 11 is 0. The fraction of sp³-hybridized carbons (Fsp3) is 1.00. The topological polar surface area (TPSA) is 49.4 Å². The average molecular weight is 288 g/mol. The molecule has 1 unspecified atom stereocenters. The zero-order valence-corrected chi connectivity index (χ0v) is 13.3. The first kappa shape index (κ1) is 15.3. The second-order valence-corrected chi connectivity index (χ2v) is 8.95. The van der Waals surface area contributed by atoms with E-state index in [1.807, 2.05) is 6.92 Å². The van der Waals surface area contributed by atoms with E-state index in [1.165, 1.54) is 12.8 Å². The molecule has 1 aliphatic heterocycles. The first-order valence-electron chi connectivity index (χ1n) is 7.60. The Bertz CT molecular complexity index is 396. The highest BCUT2D eigenvalue weighted by molar-refractivity contribution is 7.89. The monoisotopic (exact) mass is 288 g/mol. The number of hydrogen-bond donors (Lipinski definition) is 1. The van der Waals surface area contributed by atoms with Gasteiger partial charge in [-0.1, -0.05) is 20.3 Å². The van der Waals surface area contributed by atoms with Crippen LogP contribution in [0.5, 0.6) is 0 Å². The van der Waals surface area contributed by atoms with Gasteiger partial charge >= 0.3 is 0 Å². The molecule has 0 amide bonds. The van der Waals surface area contributed by atoms with Crippen LogP contribution in [0.3, 0.4) is 0 Å². The van der Waals surface area contributed by atoms with Crippen LogP contribution >= 0.6 is 0 Å². The molecule has 1 aliphatic carbocycles. The molecule has 1 N–H and O–H groups in total. The number of hydrogen-bond acceptors (Lipinski definition) is 3. The van der Waals surface area contributed by atoms with Crippen molar-refractivity contribution >= 4 is 10.0 Å². The highest BCUT2D eigenvalue weighted by Crippen LogP contribution is 2.35. The Labute approximate surface area is 118 Å². The van der Waals surface area contributed by atoms with Gasteiger partial charge in [0.15, 0.2) is 0 Å². The maximum absolute atomic E-state index is 12.5. The molecule has 5 heteroatoms. The predicted octanol–water partition coefficient (Wildman–Crippen LogP) is 1.97. The van der Waals surface area contributed by atoms with E-state index in [2.05, 4.69) is 19.2 Å². The van der Waals surface area contributed by atoms with Crippen LogP contribution in [0.1, 0.15) is 52.9 Å². The van der Waals surface area contributed by atoms with Gasteiger partial charge in [0.25, 0.3) is 0 Å². The smallest absolute Gasteiger partial charge is 0.217 e. The summed E-state index contributed by atoms with van der Waals surface area (Å²) < 4.78 is 26.7. The molecule has 0 aromatic carbocycles. The largest absolute Gasteiger partial charge is 0.313 e. The third kappa shape index (κ3) is 3.70. The van der Waals surface area contributed by atoms with Gasteiger partial charge in [0.1, 0.15) is 0 Å². The summed E-state index contributed by atoms with van der Waals surface area (Å²) in [5, 5.41) is 3.02. The number of nitrogens with one attached hydrogen (secondary N) is 1. The summed E-state index contributed by atoms with van der Waals surface area (Å²) in [4.78, 5) is 0. The molecule has 2 rings (SSSR count). The molecule has 112 valence electrons. The molecule has 1 heterocycles. The highest BCUT2D eigenvalue weighted by atomic mass is 32.2. The Morgan fingerprint density at radius 3 is 2.37 bits per heavy atom. The van der Waals surface area contributed by atoms with Crippen molar-refractivity contribution in [2.24, 2.45) is 5.41 Å². The normalized spacial score (nSPS) is 26.3. The van der Waals surface area contributed by atoms with Gasteiger partial charge in [-0.3, -0.25) is 0 Å². The summed E-state index contributed by atoms with van der Waals surface area (Å²) in [6.07, 6.45) is 5.52. The van der Waals surface area contributed by atoms with Crippen LogP contribution < -0.4 is 5.32 Å². The van der Waals surface area contributed by atoms with Gasteiger partial charge < -0.3 is 5.32 Å². The van der Waals surface area contributed by atoms with Crippen LogP contribution in [0.4, 0.5) is 0 Å². The number of nitrogens with zero attached hydrogens (tertiary/aromatic N) is 1. The fourth-order valence-corrected chi connectivity index (χ4v) is 4.12. The molecular weight excluding hydrogens is 260 g/mol. The first-order chi connectivity index (χ1) is 8.87. The molecule has 19 heavy (non-hydrogen) atoms. The van der Waals surface area contributed by atoms with E-state index in [-0.39, 0.29) is 5.25 Å². The molecule has 1 saturated heterocycles. The Hall–Kier alpha value is -0.130. The van der Waals surface area contributed by atoms with E-state index in [4.69, 9.17) is 0 Å². The first-order valence-corrected chi connectivity index (χ1v) is 9.10. The van der Waals surface area contributed by atoms with Crippen molar-refractivity contribution in [2.75, 3.05) is 19.6 Å². The molecule has 0 aromatic heterocycles. The summed E-state index contributed by atoms with van der Waals surface area (Å²) in [5.74, 6) is 0. The van der Waals surface area contributed by atoms with E-state index >= 15 is 0 Å². The number of rotatable bonds is 6. The quantitative estimate of drug-likeness (QED) is 0.813. The molecule has 2 fully saturated rings. The van der Waals surface area contributed by atoms with E-state index in [0.29, 0.717) is 31.1 Å². The lowest BCUT2D eigenvalue weighted by atomic mass is 9.79. The summed E-state index contributed by atoms with van der Waals surface area (Å²) in [5.41, 5.74) is 0.335. The second kappa shape index (κ2) is 5.70. The van der Waals surface area contributed by atoms with Gasteiger partial charge in [0.2, 0.25) is 10.0 Å². The maximum atomic E-state index is 12.5. The van der Waals surface area contributed by atoms with E-state index < -0.39 is 10.0 Å². The predicted molar refractivity (Wildman–Crippen MR) is 78.6 cm³/mol. The number of sulfonamides is 1. The van der Waals surface area contributed by atoms with Crippen molar-refractivity contribution in [3.05, 3.63) is 0 Å². The SMILES string of the molecule is CCC1(C)CCN(S(=O)(=O)C(C)CNC2CC2)CC1. The third-order valence-electron chi connectivity index (χ3n) is 4.92. The zero-order chi connectivity index (χ0) is 14.1. The zero-order valence-electron chi connectivity index (χ0n) is 12.5. The van der Waals surface area contributed by atoms with Crippen LogP contribution in [-0.2, 0) is 10.0 Å². The van der Waals surface area contributed by atoms with E-state index in [9.17, 15) is 8.42 Å². The minimum Gasteiger partial charge on any atom is -0.313 e. The fourth-order valence-electron chi connectivity index (χ4n) is 2.61. The minimum absolute atomic E-state index is 0.306. The van der Waals surface area contributed by atoms with Gasteiger partial charge in [-0.05, 0) is 38.0 Å². The van der Waals surface area contributed by atoms with Crippen molar-refractivity contribution in [2.45, 2.75) is 64.2 Å². The van der Waals surface area contributed by atoms with Gasteiger partial charge in [0, 0.05) is 25.7 Å². The van der Waals surface area contributed by atoms with Crippen molar-refractivity contribution in [1.82, 2.24) is 9.62 Å². The summed E-state index contributed by atoms with van der Waals surface area (Å²) in [7, 11) is -3.12. The third-order valence-corrected chi connectivity index (χ3v) is 7.19. The van der Waals surface area contributed by atoms with Crippen LogP contribution in [-0.4, -0.2) is 43.6 Å². The Morgan fingerprint density at radius 1 is 1.32 bits per heavy atom. The molecular formula is C14H28N2O2S. The average Bonchev–Trinajstić information content (AvgIpc) is 3.20. The minimum atomic E-state index is -3.12. The van der Waals surface area contributed by atoms with Crippen molar-refractivity contribution in [3.8, 4) is 0 Å². The van der Waals surface area contributed by atoms with E-state index in [0.717, 1.165) is 19.3 Å². The van der Waals surface area contributed by atoms with Gasteiger partial charge in [-0.25, -0.2) is 12.7 Å². The molecule has 4 nitrogen and oxygen atoms in total. The molecule has 2 aliphatic rings. The van der Waals surface area contributed by atoms with Crippen molar-refractivity contribution in [1.29, 1.82) is 0 Å². The molecule has 0 bridgehead atoms. The Morgan fingerprint density at radius 2 is 1.89 bits per heavy atom.